The number of nitrogens with one attached hydrogen (secondary N) is 1. The number of thioether (sulfide) groups is 1. The first-order chi connectivity index (χ1) is 11.6. The van der Waals surface area contributed by atoms with E-state index in [0.29, 0.717) is 0 Å². The molecule has 0 bridgehead atoms. The summed E-state index contributed by atoms with van der Waals surface area (Å²) in [6.07, 6.45) is 1.22. The first-order valence-electron chi connectivity index (χ1n) is 7.91. The summed E-state index contributed by atoms with van der Waals surface area (Å²) in [6.45, 7) is 0. The number of fused-ring (bicyclic) bond motifs is 1. The zero-order valence-corrected chi connectivity index (χ0v) is 14.0. The third-order valence-corrected chi connectivity index (χ3v) is 5.37. The van der Waals surface area contributed by atoms with Crippen molar-refractivity contribution in [3.05, 3.63) is 71.3 Å². The second-order valence-electron chi connectivity index (χ2n) is 5.79. The summed E-state index contributed by atoms with van der Waals surface area (Å²) in [5, 5.41) is 11.8. The molecule has 0 radical (unpaired) electrons. The van der Waals surface area contributed by atoms with Crippen molar-refractivity contribution in [2.24, 2.45) is 0 Å². The van der Waals surface area contributed by atoms with Crippen molar-refractivity contribution in [1.82, 2.24) is 5.32 Å². The SMILES string of the molecule is O=C(O)C(Cc1ccccc1)NC(=O)C1SCCc2ccccc21. The number of carboxylic acid groups (broad SMARTS) is 1. The van der Waals surface area contributed by atoms with Gasteiger partial charge in [-0.25, -0.2) is 4.79 Å². The minimum absolute atomic E-state index is 0.226. The second kappa shape index (κ2) is 7.53. The number of amides is 1. The van der Waals surface area contributed by atoms with Gasteiger partial charge in [0.2, 0.25) is 5.91 Å². The van der Waals surface area contributed by atoms with Crippen LogP contribution in [0.3, 0.4) is 0 Å². The maximum absolute atomic E-state index is 12.7. The van der Waals surface area contributed by atoms with E-state index < -0.39 is 12.0 Å². The minimum Gasteiger partial charge on any atom is -0.480 e. The number of hydrogen-bond donors (Lipinski definition) is 2. The predicted octanol–water partition coefficient (Wildman–Crippen LogP) is 2.83. The van der Waals surface area contributed by atoms with Crippen LogP contribution in [0.4, 0.5) is 0 Å². The van der Waals surface area contributed by atoms with Gasteiger partial charge in [-0.1, -0.05) is 54.6 Å². The van der Waals surface area contributed by atoms with Gasteiger partial charge in [-0.15, -0.1) is 11.8 Å². The van der Waals surface area contributed by atoms with Gasteiger partial charge in [0, 0.05) is 6.42 Å². The lowest BCUT2D eigenvalue weighted by atomic mass is 10.0. The highest BCUT2D eigenvalue weighted by Crippen LogP contribution is 2.36. The van der Waals surface area contributed by atoms with Crippen LogP contribution in [-0.4, -0.2) is 28.8 Å². The molecule has 1 heterocycles. The molecular formula is C19H19NO3S. The average Bonchev–Trinajstić information content (AvgIpc) is 2.61. The van der Waals surface area contributed by atoms with Crippen LogP contribution >= 0.6 is 11.8 Å². The van der Waals surface area contributed by atoms with Crippen LogP contribution in [0.2, 0.25) is 0 Å². The Labute approximate surface area is 145 Å². The Balaban J connectivity index is 1.74. The summed E-state index contributed by atoms with van der Waals surface area (Å²) >= 11 is 1.57. The molecule has 2 unspecified atom stereocenters. The van der Waals surface area contributed by atoms with Crippen LogP contribution in [0.1, 0.15) is 21.9 Å². The van der Waals surface area contributed by atoms with Crippen LogP contribution in [0.15, 0.2) is 54.6 Å². The summed E-state index contributed by atoms with van der Waals surface area (Å²) in [5.41, 5.74) is 3.06. The average molecular weight is 341 g/mol. The van der Waals surface area contributed by atoms with E-state index in [1.807, 2.05) is 54.6 Å². The normalized spacial score (nSPS) is 17.6. The van der Waals surface area contributed by atoms with Gasteiger partial charge in [0.1, 0.15) is 11.3 Å². The highest BCUT2D eigenvalue weighted by atomic mass is 32.2. The summed E-state index contributed by atoms with van der Waals surface area (Å²) in [4.78, 5) is 24.2. The first kappa shape index (κ1) is 16.6. The van der Waals surface area contributed by atoms with Crippen molar-refractivity contribution in [1.29, 1.82) is 0 Å². The molecular weight excluding hydrogens is 322 g/mol. The fraction of sp³-hybridized carbons (Fsp3) is 0.263. The number of rotatable bonds is 5. The van der Waals surface area contributed by atoms with Crippen molar-refractivity contribution in [2.45, 2.75) is 24.1 Å². The fourth-order valence-corrected chi connectivity index (χ4v) is 4.11. The molecule has 0 saturated heterocycles. The fourth-order valence-electron chi connectivity index (χ4n) is 2.91. The molecule has 1 aliphatic rings. The van der Waals surface area contributed by atoms with Crippen molar-refractivity contribution in [2.75, 3.05) is 5.75 Å². The van der Waals surface area contributed by atoms with Crippen molar-refractivity contribution in [3.8, 4) is 0 Å². The van der Waals surface area contributed by atoms with E-state index >= 15 is 0 Å². The predicted molar refractivity (Wildman–Crippen MR) is 95.1 cm³/mol. The Morgan fingerprint density at radius 1 is 1.12 bits per heavy atom. The molecule has 5 heteroatoms. The van der Waals surface area contributed by atoms with E-state index in [0.717, 1.165) is 23.3 Å². The van der Waals surface area contributed by atoms with Gasteiger partial charge in [-0.3, -0.25) is 4.79 Å². The van der Waals surface area contributed by atoms with Gasteiger partial charge in [0.25, 0.3) is 0 Å². The zero-order chi connectivity index (χ0) is 16.9. The molecule has 4 nitrogen and oxygen atoms in total. The van der Waals surface area contributed by atoms with Gasteiger partial charge < -0.3 is 10.4 Å². The molecule has 2 atom stereocenters. The Bertz CT molecular complexity index is 732. The van der Waals surface area contributed by atoms with Crippen molar-refractivity contribution >= 4 is 23.6 Å². The van der Waals surface area contributed by atoms with Gasteiger partial charge in [-0.2, -0.15) is 0 Å². The van der Waals surface area contributed by atoms with Gasteiger partial charge >= 0.3 is 5.97 Å². The molecule has 24 heavy (non-hydrogen) atoms. The zero-order valence-electron chi connectivity index (χ0n) is 13.1. The molecule has 3 rings (SSSR count). The molecule has 0 spiro atoms. The standard InChI is InChI=1S/C19H19NO3S/c21-18(17-15-9-5-4-8-14(15)10-11-24-17)20-16(19(22)23)12-13-6-2-1-3-7-13/h1-9,16-17H,10-12H2,(H,20,21)(H,22,23). The molecule has 1 aliphatic heterocycles. The van der Waals surface area contributed by atoms with Crippen LogP contribution in [-0.2, 0) is 22.4 Å². The quantitative estimate of drug-likeness (QED) is 0.878. The van der Waals surface area contributed by atoms with E-state index in [2.05, 4.69) is 5.32 Å². The molecule has 0 fully saturated rings. The lowest BCUT2D eigenvalue weighted by molar-refractivity contribution is -0.141. The van der Waals surface area contributed by atoms with Crippen LogP contribution < -0.4 is 5.32 Å². The Morgan fingerprint density at radius 3 is 2.58 bits per heavy atom. The summed E-state index contributed by atoms with van der Waals surface area (Å²) in [5.74, 6) is -0.373. The van der Waals surface area contributed by atoms with Gasteiger partial charge in [0.05, 0.1) is 0 Å². The second-order valence-corrected chi connectivity index (χ2v) is 7.00. The third kappa shape index (κ3) is 3.79. The molecule has 0 aromatic heterocycles. The highest BCUT2D eigenvalue weighted by molar-refractivity contribution is 8.00. The number of carbonyl (C=O) groups is 2. The monoisotopic (exact) mass is 341 g/mol. The van der Waals surface area contributed by atoms with Crippen molar-refractivity contribution in [3.63, 3.8) is 0 Å². The summed E-state index contributed by atoms with van der Waals surface area (Å²) < 4.78 is 0. The van der Waals surface area contributed by atoms with Crippen LogP contribution in [0.25, 0.3) is 0 Å². The Kier molecular flexibility index (Phi) is 5.20. The molecule has 0 aliphatic carbocycles. The van der Waals surface area contributed by atoms with Crippen LogP contribution in [0.5, 0.6) is 0 Å². The number of benzene rings is 2. The van der Waals surface area contributed by atoms with E-state index in [-0.39, 0.29) is 17.6 Å². The van der Waals surface area contributed by atoms with Crippen molar-refractivity contribution < 1.29 is 14.7 Å². The van der Waals surface area contributed by atoms with Crippen LogP contribution in [0, 0.1) is 0 Å². The first-order valence-corrected chi connectivity index (χ1v) is 8.96. The van der Waals surface area contributed by atoms with Gasteiger partial charge in [0.15, 0.2) is 0 Å². The summed E-state index contributed by atoms with van der Waals surface area (Å²) in [6, 6.07) is 16.3. The number of aryl methyl sites for hydroxylation is 1. The number of aliphatic carboxylic acids is 1. The summed E-state index contributed by atoms with van der Waals surface area (Å²) in [7, 11) is 0. The number of carbonyl (C=O) groups excluding carboxylic acids is 1. The smallest absolute Gasteiger partial charge is 0.326 e. The van der Waals surface area contributed by atoms with E-state index in [1.165, 1.54) is 5.56 Å². The van der Waals surface area contributed by atoms with E-state index in [4.69, 9.17) is 0 Å². The molecule has 0 saturated carbocycles. The topological polar surface area (TPSA) is 66.4 Å². The van der Waals surface area contributed by atoms with Gasteiger partial charge in [-0.05, 0) is 28.9 Å². The third-order valence-electron chi connectivity index (χ3n) is 4.13. The highest BCUT2D eigenvalue weighted by Gasteiger charge is 2.30. The maximum Gasteiger partial charge on any atom is 0.326 e. The molecule has 1 amide bonds. The lowest BCUT2D eigenvalue weighted by Gasteiger charge is -2.25. The number of hydrogen-bond acceptors (Lipinski definition) is 3. The molecule has 2 aromatic carbocycles. The Hall–Kier alpha value is -2.27. The molecule has 124 valence electrons. The number of carboxylic acids is 1. The molecule has 2 aromatic rings. The lowest BCUT2D eigenvalue weighted by Crippen LogP contribution is -2.44. The van der Waals surface area contributed by atoms with E-state index in [9.17, 15) is 14.7 Å². The van der Waals surface area contributed by atoms with E-state index in [1.54, 1.807) is 11.8 Å². The maximum atomic E-state index is 12.7. The minimum atomic E-state index is -1.01. The largest absolute Gasteiger partial charge is 0.480 e. The Morgan fingerprint density at radius 2 is 1.83 bits per heavy atom. The molecule has 2 N–H and O–H groups in total.